The van der Waals surface area contributed by atoms with Crippen LogP contribution in [-0.4, -0.2) is 36.5 Å². The van der Waals surface area contributed by atoms with E-state index in [1.807, 2.05) is 4.90 Å². The number of amides is 1. The first-order chi connectivity index (χ1) is 6.70. The van der Waals surface area contributed by atoms with Crippen LogP contribution < -0.4 is 5.32 Å². The van der Waals surface area contributed by atoms with Crippen LogP contribution in [0, 0.1) is 5.92 Å². The third-order valence-electron chi connectivity index (χ3n) is 3.35. The minimum Gasteiger partial charge on any atom is -0.337 e. The molecule has 0 spiro atoms. The fourth-order valence-corrected chi connectivity index (χ4v) is 2.28. The van der Waals surface area contributed by atoms with Crippen molar-refractivity contribution in [2.75, 3.05) is 19.6 Å². The summed E-state index contributed by atoms with van der Waals surface area (Å²) in [7, 11) is 0. The summed E-state index contributed by atoms with van der Waals surface area (Å²) in [6, 6.07) is 0.402. The molecule has 0 aliphatic carbocycles. The predicted molar refractivity (Wildman–Crippen MR) is 58.1 cm³/mol. The molecule has 0 aromatic rings. The van der Waals surface area contributed by atoms with Gasteiger partial charge in [-0.15, -0.1) is 0 Å². The fourth-order valence-electron chi connectivity index (χ4n) is 2.28. The third-order valence-corrected chi connectivity index (χ3v) is 3.35. The van der Waals surface area contributed by atoms with Crippen LogP contribution in [0.3, 0.4) is 0 Å². The predicted octanol–water partition coefficient (Wildman–Crippen LogP) is 1.24. The maximum atomic E-state index is 11.6. The van der Waals surface area contributed by atoms with Crippen molar-refractivity contribution in [3.05, 3.63) is 0 Å². The Kier molecular flexibility index (Phi) is 4.39. The van der Waals surface area contributed by atoms with E-state index >= 15 is 0 Å². The molecule has 1 unspecified atom stereocenters. The van der Waals surface area contributed by atoms with Crippen LogP contribution >= 0.6 is 0 Å². The van der Waals surface area contributed by atoms with Gasteiger partial charge in [-0.05, 0) is 12.8 Å². The van der Waals surface area contributed by atoms with Crippen molar-refractivity contribution in [2.45, 2.75) is 39.7 Å². The van der Waals surface area contributed by atoms with Gasteiger partial charge >= 0.3 is 0 Å². The lowest BCUT2D eigenvalue weighted by Gasteiger charge is -2.36. The van der Waals surface area contributed by atoms with Crippen LogP contribution in [0.1, 0.15) is 33.6 Å². The zero-order valence-electron chi connectivity index (χ0n) is 9.55. The van der Waals surface area contributed by atoms with Gasteiger partial charge in [0.1, 0.15) is 0 Å². The molecular weight excluding hydrogens is 176 g/mol. The molecule has 0 saturated carbocycles. The van der Waals surface area contributed by atoms with Crippen LogP contribution in [0.4, 0.5) is 0 Å². The Morgan fingerprint density at radius 3 is 2.57 bits per heavy atom. The lowest BCUT2D eigenvalue weighted by atomic mass is 9.94. The number of rotatable bonds is 4. The SMILES string of the molecule is CCC(CC)C(C)N1CCNCC1=O. The van der Waals surface area contributed by atoms with Gasteiger partial charge in [-0.2, -0.15) is 0 Å². The summed E-state index contributed by atoms with van der Waals surface area (Å²) in [4.78, 5) is 13.7. The molecule has 1 atom stereocenters. The number of nitrogens with one attached hydrogen (secondary N) is 1. The number of nitrogens with zero attached hydrogens (tertiary/aromatic N) is 1. The molecule has 1 rings (SSSR count). The highest BCUT2D eigenvalue weighted by atomic mass is 16.2. The van der Waals surface area contributed by atoms with E-state index in [9.17, 15) is 4.79 Å². The summed E-state index contributed by atoms with van der Waals surface area (Å²) in [5.74, 6) is 0.910. The molecule has 1 fully saturated rings. The lowest BCUT2D eigenvalue weighted by molar-refractivity contribution is -0.135. The molecule has 0 bridgehead atoms. The van der Waals surface area contributed by atoms with E-state index in [1.165, 1.54) is 0 Å². The maximum Gasteiger partial charge on any atom is 0.236 e. The van der Waals surface area contributed by atoms with E-state index in [-0.39, 0.29) is 5.91 Å². The van der Waals surface area contributed by atoms with Crippen molar-refractivity contribution >= 4 is 5.91 Å². The Morgan fingerprint density at radius 2 is 2.07 bits per heavy atom. The van der Waals surface area contributed by atoms with Crippen molar-refractivity contribution in [3.8, 4) is 0 Å². The quantitative estimate of drug-likeness (QED) is 0.737. The molecule has 0 aromatic carbocycles. The lowest BCUT2D eigenvalue weighted by Crippen LogP contribution is -2.53. The van der Waals surface area contributed by atoms with Gasteiger partial charge in [0.15, 0.2) is 0 Å². The van der Waals surface area contributed by atoms with Gasteiger partial charge < -0.3 is 10.2 Å². The smallest absolute Gasteiger partial charge is 0.236 e. The molecule has 1 heterocycles. The van der Waals surface area contributed by atoms with E-state index in [0.29, 0.717) is 18.5 Å². The van der Waals surface area contributed by atoms with Crippen molar-refractivity contribution in [3.63, 3.8) is 0 Å². The number of hydrogen-bond acceptors (Lipinski definition) is 2. The summed E-state index contributed by atoms with van der Waals surface area (Å²) in [5, 5.41) is 3.10. The molecule has 1 aliphatic heterocycles. The Bertz CT molecular complexity index is 190. The van der Waals surface area contributed by atoms with Crippen LogP contribution in [0.15, 0.2) is 0 Å². The van der Waals surface area contributed by atoms with Crippen molar-refractivity contribution in [1.82, 2.24) is 10.2 Å². The third kappa shape index (κ3) is 2.47. The largest absolute Gasteiger partial charge is 0.337 e. The van der Waals surface area contributed by atoms with Crippen LogP contribution in [-0.2, 0) is 4.79 Å². The van der Waals surface area contributed by atoms with Gasteiger partial charge in [0.25, 0.3) is 0 Å². The highest BCUT2D eigenvalue weighted by molar-refractivity contribution is 5.79. The van der Waals surface area contributed by atoms with E-state index in [4.69, 9.17) is 0 Å². The van der Waals surface area contributed by atoms with Gasteiger partial charge in [0.05, 0.1) is 6.54 Å². The summed E-state index contributed by atoms with van der Waals surface area (Å²) in [6.07, 6.45) is 2.32. The van der Waals surface area contributed by atoms with Crippen molar-refractivity contribution < 1.29 is 4.79 Å². The molecular formula is C11H22N2O. The molecule has 1 N–H and O–H groups in total. The second kappa shape index (κ2) is 5.35. The minimum absolute atomic E-state index is 0.260. The Morgan fingerprint density at radius 1 is 1.43 bits per heavy atom. The molecule has 1 saturated heterocycles. The zero-order valence-corrected chi connectivity index (χ0v) is 9.55. The summed E-state index contributed by atoms with van der Waals surface area (Å²) >= 11 is 0. The molecule has 1 aliphatic rings. The number of hydrogen-bond donors (Lipinski definition) is 1. The van der Waals surface area contributed by atoms with Crippen LogP contribution in [0.2, 0.25) is 0 Å². The van der Waals surface area contributed by atoms with E-state index in [2.05, 4.69) is 26.1 Å². The second-order valence-corrected chi connectivity index (χ2v) is 4.08. The summed E-state index contributed by atoms with van der Waals surface area (Å²) in [5.41, 5.74) is 0. The normalized spacial score (nSPS) is 20.3. The first kappa shape index (κ1) is 11.5. The summed E-state index contributed by atoms with van der Waals surface area (Å²) < 4.78 is 0. The highest BCUT2D eigenvalue weighted by Gasteiger charge is 2.26. The number of piperazine rings is 1. The molecule has 14 heavy (non-hydrogen) atoms. The number of carbonyl (C=O) groups is 1. The van der Waals surface area contributed by atoms with Crippen LogP contribution in [0.25, 0.3) is 0 Å². The average Bonchev–Trinajstić information content (AvgIpc) is 2.20. The first-order valence-corrected chi connectivity index (χ1v) is 5.70. The molecule has 3 heteroatoms. The Hall–Kier alpha value is -0.570. The Labute approximate surface area is 86.9 Å². The number of carbonyl (C=O) groups excluding carboxylic acids is 1. The van der Waals surface area contributed by atoms with Gasteiger partial charge in [-0.3, -0.25) is 4.79 Å². The molecule has 0 aromatic heterocycles. The fraction of sp³-hybridized carbons (Fsp3) is 0.909. The van der Waals surface area contributed by atoms with E-state index in [0.717, 1.165) is 25.9 Å². The second-order valence-electron chi connectivity index (χ2n) is 4.08. The Balaban J connectivity index is 2.56. The summed E-state index contributed by atoms with van der Waals surface area (Å²) in [6.45, 7) is 8.92. The molecule has 1 amide bonds. The van der Waals surface area contributed by atoms with Crippen molar-refractivity contribution in [1.29, 1.82) is 0 Å². The average molecular weight is 198 g/mol. The monoisotopic (exact) mass is 198 g/mol. The standard InChI is InChI=1S/C11H22N2O/c1-4-10(5-2)9(3)13-7-6-12-8-11(13)14/h9-10,12H,4-8H2,1-3H3. The van der Waals surface area contributed by atoms with Gasteiger partial charge in [0.2, 0.25) is 5.91 Å². The minimum atomic E-state index is 0.260. The first-order valence-electron chi connectivity index (χ1n) is 5.70. The molecule has 3 nitrogen and oxygen atoms in total. The highest BCUT2D eigenvalue weighted by Crippen LogP contribution is 2.18. The van der Waals surface area contributed by atoms with E-state index < -0.39 is 0 Å². The molecule has 82 valence electrons. The maximum absolute atomic E-state index is 11.6. The van der Waals surface area contributed by atoms with Gasteiger partial charge in [-0.1, -0.05) is 26.7 Å². The van der Waals surface area contributed by atoms with Gasteiger partial charge in [0, 0.05) is 19.1 Å². The van der Waals surface area contributed by atoms with E-state index in [1.54, 1.807) is 0 Å². The zero-order chi connectivity index (χ0) is 10.6. The molecule has 0 radical (unpaired) electrons. The van der Waals surface area contributed by atoms with Crippen molar-refractivity contribution in [2.24, 2.45) is 5.92 Å². The topological polar surface area (TPSA) is 32.3 Å². The van der Waals surface area contributed by atoms with Gasteiger partial charge in [-0.25, -0.2) is 0 Å². The van der Waals surface area contributed by atoms with Crippen LogP contribution in [0.5, 0.6) is 0 Å².